The number of ether oxygens (including phenoxy) is 1. The van der Waals surface area contributed by atoms with Crippen LogP contribution in [0, 0.1) is 25.2 Å². The quantitative estimate of drug-likeness (QED) is 0.846. The zero-order valence-corrected chi connectivity index (χ0v) is 12.1. The average molecular weight is 267 g/mol. The van der Waals surface area contributed by atoms with E-state index in [0.29, 0.717) is 17.2 Å². The van der Waals surface area contributed by atoms with Gasteiger partial charge in [-0.2, -0.15) is 10.4 Å². The number of aromatic nitrogens is 2. The fraction of sp³-hybridized carbons (Fsp3) is 0.312. The molecule has 20 heavy (non-hydrogen) atoms. The number of aryl methyl sites for hydroxylation is 1. The van der Waals surface area contributed by atoms with E-state index in [0.717, 1.165) is 11.3 Å². The molecule has 0 spiro atoms. The fourth-order valence-corrected chi connectivity index (χ4v) is 1.84. The first-order valence-electron chi connectivity index (χ1n) is 6.54. The molecule has 0 aliphatic heterocycles. The van der Waals surface area contributed by atoms with Crippen LogP contribution in [0.1, 0.15) is 42.1 Å². The lowest BCUT2D eigenvalue weighted by Crippen LogP contribution is -2.00. The van der Waals surface area contributed by atoms with E-state index >= 15 is 0 Å². The molecule has 0 bridgehead atoms. The minimum Gasteiger partial charge on any atom is -0.437 e. The normalized spacial score (nSPS) is 10.4. The van der Waals surface area contributed by atoms with Crippen molar-refractivity contribution in [3.05, 3.63) is 46.6 Å². The summed E-state index contributed by atoms with van der Waals surface area (Å²) in [5, 5.41) is 17.2. The Balaban J connectivity index is 2.38. The van der Waals surface area contributed by atoms with Gasteiger partial charge in [0, 0.05) is 0 Å². The lowest BCUT2D eigenvalue weighted by atomic mass is 10.0. The van der Waals surface area contributed by atoms with E-state index in [1.54, 1.807) is 0 Å². The van der Waals surface area contributed by atoms with Gasteiger partial charge < -0.3 is 4.74 Å². The van der Waals surface area contributed by atoms with E-state index in [-0.39, 0.29) is 5.88 Å². The Labute approximate surface area is 119 Å². The third kappa shape index (κ3) is 2.77. The highest BCUT2D eigenvalue weighted by Crippen LogP contribution is 2.27. The summed E-state index contributed by atoms with van der Waals surface area (Å²) in [6, 6.07) is 9.93. The zero-order chi connectivity index (χ0) is 14.7. The lowest BCUT2D eigenvalue weighted by Gasteiger charge is -2.11. The van der Waals surface area contributed by atoms with Gasteiger partial charge in [-0.15, -0.1) is 5.10 Å². The predicted molar refractivity (Wildman–Crippen MR) is 76.8 cm³/mol. The van der Waals surface area contributed by atoms with E-state index in [1.165, 1.54) is 5.56 Å². The van der Waals surface area contributed by atoms with Gasteiger partial charge in [0.1, 0.15) is 17.4 Å². The summed E-state index contributed by atoms with van der Waals surface area (Å²) in [5.74, 6) is 1.35. The maximum Gasteiger partial charge on any atom is 0.257 e. The molecule has 0 saturated heterocycles. The monoisotopic (exact) mass is 267 g/mol. The van der Waals surface area contributed by atoms with E-state index in [1.807, 2.05) is 32.0 Å². The average Bonchev–Trinajstić information content (AvgIpc) is 2.43. The van der Waals surface area contributed by atoms with Crippen molar-refractivity contribution in [3.8, 4) is 17.7 Å². The van der Waals surface area contributed by atoms with E-state index < -0.39 is 0 Å². The van der Waals surface area contributed by atoms with Crippen LogP contribution in [-0.2, 0) is 0 Å². The summed E-state index contributed by atoms with van der Waals surface area (Å²) in [6.45, 7) is 7.91. The summed E-state index contributed by atoms with van der Waals surface area (Å²) in [7, 11) is 0. The molecule has 0 aliphatic carbocycles. The van der Waals surface area contributed by atoms with Crippen LogP contribution in [-0.4, -0.2) is 10.2 Å². The maximum atomic E-state index is 9.25. The molecular weight excluding hydrogens is 250 g/mol. The molecule has 102 valence electrons. The van der Waals surface area contributed by atoms with Crippen molar-refractivity contribution in [2.24, 2.45) is 0 Å². The number of nitrogens with zero attached hydrogens (tertiary/aromatic N) is 3. The standard InChI is InChI=1S/C16H17N3O/c1-10(2)13-6-5-7-14(8-13)20-16-15(9-17)11(3)12(4)18-19-16/h5-8,10H,1-4H3. The predicted octanol–water partition coefficient (Wildman–Crippen LogP) is 3.88. The van der Waals surface area contributed by atoms with Crippen LogP contribution >= 0.6 is 0 Å². The van der Waals surface area contributed by atoms with Crippen LogP contribution in [0.2, 0.25) is 0 Å². The van der Waals surface area contributed by atoms with Crippen LogP contribution in [0.4, 0.5) is 0 Å². The second kappa shape index (κ2) is 5.70. The molecule has 0 fully saturated rings. The van der Waals surface area contributed by atoms with E-state index in [9.17, 15) is 5.26 Å². The summed E-state index contributed by atoms with van der Waals surface area (Å²) >= 11 is 0. The van der Waals surface area contributed by atoms with Crippen molar-refractivity contribution in [2.45, 2.75) is 33.6 Å². The molecule has 0 N–H and O–H groups in total. The van der Waals surface area contributed by atoms with Gasteiger partial charge in [-0.25, -0.2) is 0 Å². The number of rotatable bonds is 3. The summed E-state index contributed by atoms with van der Waals surface area (Å²) in [5.41, 5.74) is 3.16. The Bertz CT molecular complexity index is 672. The Morgan fingerprint density at radius 1 is 1.20 bits per heavy atom. The SMILES string of the molecule is Cc1nnc(Oc2cccc(C(C)C)c2)c(C#N)c1C. The molecule has 0 atom stereocenters. The van der Waals surface area contributed by atoms with Crippen molar-refractivity contribution in [1.82, 2.24) is 10.2 Å². The third-order valence-electron chi connectivity index (χ3n) is 3.27. The number of benzene rings is 1. The first-order valence-corrected chi connectivity index (χ1v) is 6.54. The number of hydrogen-bond acceptors (Lipinski definition) is 4. The first kappa shape index (κ1) is 14.0. The molecular formula is C16H17N3O. The Morgan fingerprint density at radius 3 is 2.60 bits per heavy atom. The largest absolute Gasteiger partial charge is 0.437 e. The molecule has 0 radical (unpaired) electrons. The van der Waals surface area contributed by atoms with Gasteiger partial charge >= 0.3 is 0 Å². The topological polar surface area (TPSA) is 58.8 Å². The van der Waals surface area contributed by atoms with E-state index in [2.05, 4.69) is 36.2 Å². The van der Waals surface area contributed by atoms with Crippen LogP contribution in [0.5, 0.6) is 11.6 Å². The molecule has 2 aromatic rings. The number of nitriles is 1. The van der Waals surface area contributed by atoms with Gasteiger partial charge in [0.15, 0.2) is 0 Å². The maximum absolute atomic E-state index is 9.25. The molecule has 0 saturated carbocycles. The third-order valence-corrected chi connectivity index (χ3v) is 3.27. The molecule has 0 aliphatic rings. The van der Waals surface area contributed by atoms with Crippen LogP contribution < -0.4 is 4.74 Å². The van der Waals surface area contributed by atoms with Gasteiger partial charge in [0.05, 0.1) is 5.69 Å². The molecule has 4 nitrogen and oxygen atoms in total. The minimum absolute atomic E-state index is 0.261. The Morgan fingerprint density at radius 2 is 1.95 bits per heavy atom. The van der Waals surface area contributed by atoms with Gasteiger partial charge in [-0.1, -0.05) is 26.0 Å². The van der Waals surface area contributed by atoms with E-state index in [4.69, 9.17) is 4.74 Å². The van der Waals surface area contributed by atoms with Crippen molar-refractivity contribution < 1.29 is 4.74 Å². The summed E-state index contributed by atoms with van der Waals surface area (Å²) in [4.78, 5) is 0. The highest BCUT2D eigenvalue weighted by Gasteiger charge is 2.13. The summed E-state index contributed by atoms with van der Waals surface area (Å²) in [6.07, 6.45) is 0. The second-order valence-electron chi connectivity index (χ2n) is 5.03. The first-order chi connectivity index (χ1) is 9.52. The van der Waals surface area contributed by atoms with Crippen molar-refractivity contribution in [1.29, 1.82) is 5.26 Å². The molecule has 0 amide bonds. The van der Waals surface area contributed by atoms with Gasteiger partial charge in [-0.05, 0) is 43.0 Å². The fourth-order valence-electron chi connectivity index (χ4n) is 1.84. The highest BCUT2D eigenvalue weighted by atomic mass is 16.5. The Kier molecular flexibility index (Phi) is 3.99. The van der Waals surface area contributed by atoms with Crippen LogP contribution in [0.3, 0.4) is 0 Å². The molecule has 0 unspecified atom stereocenters. The highest BCUT2D eigenvalue weighted by molar-refractivity contribution is 5.46. The van der Waals surface area contributed by atoms with Gasteiger partial charge in [0.25, 0.3) is 5.88 Å². The molecule has 2 rings (SSSR count). The van der Waals surface area contributed by atoms with Gasteiger partial charge in [0.2, 0.25) is 0 Å². The zero-order valence-electron chi connectivity index (χ0n) is 12.1. The van der Waals surface area contributed by atoms with Crippen LogP contribution in [0.25, 0.3) is 0 Å². The number of hydrogen-bond donors (Lipinski definition) is 0. The van der Waals surface area contributed by atoms with Crippen molar-refractivity contribution >= 4 is 0 Å². The smallest absolute Gasteiger partial charge is 0.257 e. The molecule has 1 heterocycles. The molecule has 1 aromatic carbocycles. The molecule has 1 aromatic heterocycles. The van der Waals surface area contributed by atoms with Crippen LogP contribution in [0.15, 0.2) is 24.3 Å². The van der Waals surface area contributed by atoms with Crippen molar-refractivity contribution in [2.75, 3.05) is 0 Å². The molecule has 4 heteroatoms. The lowest BCUT2D eigenvalue weighted by molar-refractivity contribution is 0.451. The van der Waals surface area contributed by atoms with Gasteiger partial charge in [-0.3, -0.25) is 0 Å². The van der Waals surface area contributed by atoms with Crippen molar-refractivity contribution in [3.63, 3.8) is 0 Å². The Hall–Kier alpha value is -2.41. The second-order valence-corrected chi connectivity index (χ2v) is 5.03. The summed E-state index contributed by atoms with van der Waals surface area (Å²) < 4.78 is 5.73. The minimum atomic E-state index is 0.261.